The number of hydrogen-bond donors (Lipinski definition) is 2. The molecule has 0 unspecified atom stereocenters. The smallest absolute Gasteiger partial charge is 0.335 e. The van der Waals surface area contributed by atoms with Gasteiger partial charge >= 0.3 is 5.97 Å². The molecule has 3 aromatic rings. The molecule has 1 fully saturated rings. The fraction of sp³-hybridized carbons (Fsp3) is 0.111. The van der Waals surface area contributed by atoms with E-state index in [2.05, 4.69) is 5.32 Å². The fourth-order valence-electron chi connectivity index (χ4n) is 3.66. The molecule has 0 aliphatic carbocycles. The highest BCUT2D eigenvalue weighted by molar-refractivity contribution is 7.80. The molecule has 36 heavy (non-hydrogen) atoms. The average molecular weight is 503 g/mol. The molecule has 2 N–H and O–H groups in total. The molecular weight excluding hydrogens is 480 g/mol. The Morgan fingerprint density at radius 1 is 1.06 bits per heavy atom. The number of aryl methyl sites for hydroxylation is 1. The summed E-state index contributed by atoms with van der Waals surface area (Å²) < 4.78 is 11.3. The Morgan fingerprint density at radius 3 is 2.44 bits per heavy atom. The molecule has 1 saturated heterocycles. The molecule has 4 rings (SSSR count). The Bertz CT molecular complexity index is 1400. The van der Waals surface area contributed by atoms with Crippen molar-refractivity contribution in [1.29, 1.82) is 0 Å². The average Bonchev–Trinajstić information content (AvgIpc) is 2.86. The van der Waals surface area contributed by atoms with E-state index in [-0.39, 0.29) is 22.9 Å². The number of anilines is 1. The van der Waals surface area contributed by atoms with E-state index in [0.717, 1.165) is 11.1 Å². The standard InChI is InChI=1S/C27H22N2O6S/c1-16-5-3-4-6-21(16)29-25(31)20(24(30)28-27(29)36)13-18-9-12-22(23(14-18)34-2)35-15-17-7-10-19(11-8-17)26(32)33/h3-14H,15H2,1-2H3,(H,32,33)(H,28,30,36)/b20-13+. The zero-order valence-corrected chi connectivity index (χ0v) is 20.3. The number of carbonyl (C=O) groups excluding carboxylic acids is 2. The first kappa shape index (κ1) is 24.6. The minimum atomic E-state index is -0.997. The van der Waals surface area contributed by atoms with E-state index in [1.54, 1.807) is 42.5 Å². The molecule has 3 aromatic carbocycles. The maximum absolute atomic E-state index is 13.3. The van der Waals surface area contributed by atoms with Crippen LogP contribution in [0.25, 0.3) is 6.08 Å². The number of rotatable bonds is 7. The molecule has 1 aliphatic heterocycles. The third kappa shape index (κ3) is 5.11. The fourth-order valence-corrected chi connectivity index (χ4v) is 3.93. The topological polar surface area (TPSA) is 105 Å². The summed E-state index contributed by atoms with van der Waals surface area (Å²) in [6.45, 7) is 2.05. The van der Waals surface area contributed by atoms with E-state index >= 15 is 0 Å². The zero-order valence-electron chi connectivity index (χ0n) is 19.5. The summed E-state index contributed by atoms with van der Waals surface area (Å²) in [5.74, 6) is -1.26. The molecule has 0 atom stereocenters. The lowest BCUT2D eigenvalue weighted by molar-refractivity contribution is -0.122. The molecule has 0 bridgehead atoms. The van der Waals surface area contributed by atoms with Crippen LogP contribution in [-0.2, 0) is 16.2 Å². The van der Waals surface area contributed by atoms with Crippen LogP contribution in [0, 0.1) is 6.92 Å². The number of nitrogens with one attached hydrogen (secondary N) is 1. The summed E-state index contributed by atoms with van der Waals surface area (Å²) in [5, 5.41) is 11.6. The van der Waals surface area contributed by atoms with Crippen molar-refractivity contribution in [2.45, 2.75) is 13.5 Å². The highest BCUT2D eigenvalue weighted by Crippen LogP contribution is 2.31. The Labute approximate surface area is 212 Å². The summed E-state index contributed by atoms with van der Waals surface area (Å²) in [5.41, 5.74) is 2.89. The number of carbonyl (C=O) groups is 3. The first-order valence-corrected chi connectivity index (χ1v) is 11.3. The van der Waals surface area contributed by atoms with Crippen LogP contribution in [0.3, 0.4) is 0 Å². The van der Waals surface area contributed by atoms with Gasteiger partial charge in [-0.05, 0) is 72.2 Å². The maximum atomic E-state index is 13.3. The van der Waals surface area contributed by atoms with Crippen molar-refractivity contribution < 1.29 is 29.0 Å². The summed E-state index contributed by atoms with van der Waals surface area (Å²) in [4.78, 5) is 38.2. The van der Waals surface area contributed by atoms with Gasteiger partial charge in [-0.1, -0.05) is 36.4 Å². The lowest BCUT2D eigenvalue weighted by atomic mass is 10.1. The van der Waals surface area contributed by atoms with Crippen molar-refractivity contribution >= 4 is 46.9 Å². The van der Waals surface area contributed by atoms with Gasteiger partial charge < -0.3 is 14.6 Å². The lowest BCUT2D eigenvalue weighted by Crippen LogP contribution is -2.54. The summed E-state index contributed by atoms with van der Waals surface area (Å²) in [6, 6.07) is 18.6. The quantitative estimate of drug-likeness (QED) is 0.285. The van der Waals surface area contributed by atoms with Crippen LogP contribution in [0.4, 0.5) is 5.69 Å². The zero-order chi connectivity index (χ0) is 25.8. The van der Waals surface area contributed by atoms with Gasteiger partial charge in [-0.3, -0.25) is 19.8 Å². The molecule has 9 heteroatoms. The van der Waals surface area contributed by atoms with E-state index < -0.39 is 17.8 Å². The molecule has 182 valence electrons. The van der Waals surface area contributed by atoms with Crippen LogP contribution in [0.15, 0.2) is 72.3 Å². The number of carboxylic acid groups (broad SMARTS) is 1. The third-order valence-corrected chi connectivity index (χ3v) is 5.84. The van der Waals surface area contributed by atoms with E-state index in [0.29, 0.717) is 22.7 Å². The van der Waals surface area contributed by atoms with Gasteiger partial charge in [0.15, 0.2) is 16.6 Å². The number of nitrogens with zero attached hydrogens (tertiary/aromatic N) is 1. The van der Waals surface area contributed by atoms with Gasteiger partial charge in [0.05, 0.1) is 18.4 Å². The van der Waals surface area contributed by atoms with Crippen LogP contribution in [0.1, 0.15) is 27.0 Å². The van der Waals surface area contributed by atoms with Gasteiger partial charge in [-0.25, -0.2) is 4.79 Å². The van der Waals surface area contributed by atoms with Gasteiger partial charge in [0.2, 0.25) is 0 Å². The van der Waals surface area contributed by atoms with Crippen LogP contribution in [0.5, 0.6) is 11.5 Å². The first-order chi connectivity index (χ1) is 17.3. The molecule has 1 aliphatic rings. The van der Waals surface area contributed by atoms with Crippen LogP contribution in [-0.4, -0.2) is 35.1 Å². The number of para-hydroxylation sites is 1. The predicted molar refractivity (Wildman–Crippen MR) is 138 cm³/mol. The largest absolute Gasteiger partial charge is 0.493 e. The number of methoxy groups -OCH3 is 1. The molecule has 8 nitrogen and oxygen atoms in total. The number of carboxylic acids is 1. The molecule has 0 saturated carbocycles. The van der Waals surface area contributed by atoms with Crippen molar-refractivity contribution in [1.82, 2.24) is 5.32 Å². The van der Waals surface area contributed by atoms with E-state index in [9.17, 15) is 14.4 Å². The number of ether oxygens (including phenoxy) is 2. The molecule has 0 aromatic heterocycles. The van der Waals surface area contributed by atoms with Gasteiger partial charge in [0.25, 0.3) is 11.8 Å². The van der Waals surface area contributed by atoms with E-state index in [1.165, 1.54) is 30.2 Å². The Kier molecular flexibility index (Phi) is 7.12. The number of hydrogen-bond acceptors (Lipinski definition) is 6. The molecule has 0 radical (unpaired) electrons. The normalized spacial score (nSPS) is 14.6. The highest BCUT2D eigenvalue weighted by atomic mass is 32.1. The summed E-state index contributed by atoms with van der Waals surface area (Å²) in [6.07, 6.45) is 1.47. The Hall–Kier alpha value is -4.50. The highest BCUT2D eigenvalue weighted by Gasteiger charge is 2.35. The van der Waals surface area contributed by atoms with Crippen LogP contribution >= 0.6 is 12.2 Å². The van der Waals surface area contributed by atoms with Crippen molar-refractivity contribution in [3.8, 4) is 11.5 Å². The summed E-state index contributed by atoms with van der Waals surface area (Å²) in [7, 11) is 1.48. The van der Waals surface area contributed by atoms with Crippen LogP contribution < -0.4 is 19.7 Å². The monoisotopic (exact) mass is 502 g/mol. The maximum Gasteiger partial charge on any atom is 0.335 e. The molecule has 1 heterocycles. The Morgan fingerprint density at radius 2 is 1.78 bits per heavy atom. The SMILES string of the molecule is COc1cc(/C=C2\C(=O)NC(=S)N(c3ccccc3C)C2=O)ccc1OCc1ccc(C(=O)O)cc1. The molecule has 2 amide bonds. The first-order valence-electron chi connectivity index (χ1n) is 10.9. The van der Waals surface area contributed by atoms with E-state index in [4.69, 9.17) is 26.8 Å². The van der Waals surface area contributed by atoms with Crippen molar-refractivity contribution in [2.75, 3.05) is 12.0 Å². The second-order valence-electron chi connectivity index (χ2n) is 7.95. The second kappa shape index (κ2) is 10.4. The lowest BCUT2D eigenvalue weighted by Gasteiger charge is -2.30. The van der Waals surface area contributed by atoms with Crippen molar-refractivity contribution in [3.05, 3.63) is 94.6 Å². The second-order valence-corrected chi connectivity index (χ2v) is 8.33. The van der Waals surface area contributed by atoms with Crippen molar-refractivity contribution in [2.24, 2.45) is 0 Å². The van der Waals surface area contributed by atoms with E-state index in [1.807, 2.05) is 19.1 Å². The number of amides is 2. The summed E-state index contributed by atoms with van der Waals surface area (Å²) >= 11 is 5.27. The number of benzene rings is 3. The minimum absolute atomic E-state index is 0.0224. The minimum Gasteiger partial charge on any atom is -0.493 e. The number of thiocarbonyl (C=S) groups is 1. The predicted octanol–water partition coefficient (Wildman–Crippen LogP) is 4.11. The molecule has 0 spiro atoms. The van der Waals surface area contributed by atoms with Gasteiger partial charge in [0, 0.05) is 0 Å². The Balaban J connectivity index is 1.57. The van der Waals surface area contributed by atoms with Gasteiger partial charge in [0.1, 0.15) is 12.2 Å². The van der Waals surface area contributed by atoms with Gasteiger partial charge in [-0.15, -0.1) is 0 Å². The van der Waals surface area contributed by atoms with Crippen LogP contribution in [0.2, 0.25) is 0 Å². The molecular formula is C27H22N2O6S. The number of aromatic carboxylic acids is 1. The third-order valence-electron chi connectivity index (χ3n) is 5.55. The van der Waals surface area contributed by atoms with Gasteiger partial charge in [-0.2, -0.15) is 0 Å². The van der Waals surface area contributed by atoms with Crippen molar-refractivity contribution in [3.63, 3.8) is 0 Å².